The molecule has 0 saturated carbocycles. The molecule has 3 heterocycles. The third kappa shape index (κ3) is 3.47. The van der Waals surface area contributed by atoms with Crippen LogP contribution in [0.5, 0.6) is 11.5 Å². The summed E-state index contributed by atoms with van der Waals surface area (Å²) >= 11 is 0. The van der Waals surface area contributed by atoms with Crippen LogP contribution in [0.15, 0.2) is 24.4 Å². The minimum absolute atomic E-state index is 0.0540. The number of hydrogen-bond donors (Lipinski definition) is 1. The molecule has 7 nitrogen and oxygen atoms in total. The number of amides is 1. The lowest BCUT2D eigenvalue weighted by molar-refractivity contribution is 0.0729. The van der Waals surface area contributed by atoms with Gasteiger partial charge < -0.3 is 19.7 Å². The van der Waals surface area contributed by atoms with E-state index in [0.717, 1.165) is 42.9 Å². The first-order chi connectivity index (χ1) is 13.2. The molecule has 0 radical (unpaired) electrons. The topological polar surface area (TPSA) is 76.6 Å². The Morgan fingerprint density at radius 2 is 2.19 bits per heavy atom. The molecule has 1 atom stereocenters. The van der Waals surface area contributed by atoms with Crippen LogP contribution in [0, 0.1) is 0 Å². The highest BCUT2D eigenvalue weighted by Gasteiger charge is 2.27. The van der Waals surface area contributed by atoms with Gasteiger partial charge in [0.05, 0.1) is 31.5 Å². The zero-order valence-corrected chi connectivity index (χ0v) is 15.7. The first-order valence-electron chi connectivity index (χ1n) is 9.29. The molecule has 2 aliphatic heterocycles. The number of benzene rings is 1. The van der Waals surface area contributed by atoms with Gasteiger partial charge in [-0.05, 0) is 31.5 Å². The van der Waals surface area contributed by atoms with Crippen LogP contribution in [0.3, 0.4) is 0 Å². The Balaban J connectivity index is 1.53. The zero-order valence-electron chi connectivity index (χ0n) is 15.7. The Hall–Kier alpha value is -2.67. The largest absolute Gasteiger partial charge is 0.497 e. The van der Waals surface area contributed by atoms with Crippen molar-refractivity contribution < 1.29 is 14.3 Å². The summed E-state index contributed by atoms with van der Waals surface area (Å²) in [6, 6.07) is 5.52. The molecular formula is C20H24N4O3. The number of rotatable bonds is 4. The van der Waals surface area contributed by atoms with Crippen LogP contribution in [0.4, 0.5) is 0 Å². The number of carbonyl (C=O) groups is 1. The number of nitrogens with zero attached hydrogens (tertiary/aromatic N) is 3. The second-order valence-electron chi connectivity index (χ2n) is 6.89. The highest BCUT2D eigenvalue weighted by atomic mass is 16.5. The molecule has 1 aromatic carbocycles. The SMILES string of the molecule is COc1ccc(C(=O)N2CCc3nc(C4CCCN4)ncc3C2)c(OC)c1. The second kappa shape index (κ2) is 7.52. The summed E-state index contributed by atoms with van der Waals surface area (Å²) in [5.74, 6) is 2.00. The summed E-state index contributed by atoms with van der Waals surface area (Å²) in [5, 5.41) is 3.44. The summed E-state index contributed by atoms with van der Waals surface area (Å²) in [6.45, 7) is 2.17. The Kier molecular flexibility index (Phi) is 4.94. The average molecular weight is 368 g/mol. The molecule has 1 amide bonds. The molecule has 0 bridgehead atoms. The fourth-order valence-electron chi connectivity index (χ4n) is 3.72. The normalized spacial score (nSPS) is 18.9. The Labute approximate surface area is 158 Å². The molecule has 1 fully saturated rings. The fraction of sp³-hybridized carbons (Fsp3) is 0.450. The molecule has 2 aromatic rings. The van der Waals surface area contributed by atoms with E-state index in [9.17, 15) is 4.79 Å². The predicted molar refractivity (Wildman–Crippen MR) is 100 cm³/mol. The van der Waals surface area contributed by atoms with E-state index in [1.54, 1.807) is 32.4 Å². The maximum Gasteiger partial charge on any atom is 0.257 e. The van der Waals surface area contributed by atoms with Gasteiger partial charge in [-0.3, -0.25) is 4.79 Å². The van der Waals surface area contributed by atoms with Crippen LogP contribution in [0.25, 0.3) is 0 Å². The summed E-state index contributed by atoms with van der Waals surface area (Å²) in [6.07, 6.45) is 4.86. The maximum absolute atomic E-state index is 13.0. The molecular weight excluding hydrogens is 344 g/mol. The quantitative estimate of drug-likeness (QED) is 0.891. The lowest BCUT2D eigenvalue weighted by atomic mass is 10.0. The zero-order chi connectivity index (χ0) is 18.8. The Morgan fingerprint density at radius 1 is 1.30 bits per heavy atom. The monoisotopic (exact) mass is 368 g/mol. The summed E-state index contributed by atoms with van der Waals surface area (Å²) in [4.78, 5) is 24.2. The van der Waals surface area contributed by atoms with E-state index in [2.05, 4.69) is 10.3 Å². The van der Waals surface area contributed by atoms with Crippen molar-refractivity contribution in [2.75, 3.05) is 27.3 Å². The molecule has 0 spiro atoms. The lowest BCUT2D eigenvalue weighted by Gasteiger charge is -2.29. The summed E-state index contributed by atoms with van der Waals surface area (Å²) < 4.78 is 10.6. The number of fused-ring (bicyclic) bond motifs is 1. The van der Waals surface area contributed by atoms with E-state index < -0.39 is 0 Å². The van der Waals surface area contributed by atoms with Gasteiger partial charge in [-0.1, -0.05) is 0 Å². The minimum atomic E-state index is -0.0540. The van der Waals surface area contributed by atoms with Crippen molar-refractivity contribution in [2.24, 2.45) is 0 Å². The fourth-order valence-corrected chi connectivity index (χ4v) is 3.72. The van der Waals surface area contributed by atoms with E-state index in [0.29, 0.717) is 30.2 Å². The van der Waals surface area contributed by atoms with Crippen molar-refractivity contribution >= 4 is 5.91 Å². The number of methoxy groups -OCH3 is 2. The van der Waals surface area contributed by atoms with Crippen LogP contribution < -0.4 is 14.8 Å². The molecule has 1 unspecified atom stereocenters. The smallest absolute Gasteiger partial charge is 0.257 e. The number of ether oxygens (including phenoxy) is 2. The van der Waals surface area contributed by atoms with Gasteiger partial charge in [0, 0.05) is 37.3 Å². The van der Waals surface area contributed by atoms with Crippen molar-refractivity contribution in [3.63, 3.8) is 0 Å². The van der Waals surface area contributed by atoms with E-state index in [1.807, 2.05) is 11.1 Å². The van der Waals surface area contributed by atoms with E-state index in [-0.39, 0.29) is 11.9 Å². The van der Waals surface area contributed by atoms with Crippen molar-refractivity contribution in [1.29, 1.82) is 0 Å². The van der Waals surface area contributed by atoms with Crippen LogP contribution >= 0.6 is 0 Å². The molecule has 1 N–H and O–H groups in total. The highest BCUT2D eigenvalue weighted by Crippen LogP contribution is 2.28. The summed E-state index contributed by atoms with van der Waals surface area (Å²) in [5.41, 5.74) is 2.61. The van der Waals surface area contributed by atoms with Gasteiger partial charge in [-0.25, -0.2) is 9.97 Å². The lowest BCUT2D eigenvalue weighted by Crippen LogP contribution is -2.37. The van der Waals surface area contributed by atoms with Gasteiger partial charge in [0.1, 0.15) is 17.3 Å². The Bertz CT molecular complexity index is 849. The minimum Gasteiger partial charge on any atom is -0.497 e. The van der Waals surface area contributed by atoms with Gasteiger partial charge in [0.15, 0.2) is 0 Å². The van der Waals surface area contributed by atoms with Crippen LogP contribution in [0.2, 0.25) is 0 Å². The molecule has 4 rings (SSSR count). The van der Waals surface area contributed by atoms with Gasteiger partial charge in [0.2, 0.25) is 0 Å². The van der Waals surface area contributed by atoms with Crippen molar-refractivity contribution in [1.82, 2.24) is 20.2 Å². The van der Waals surface area contributed by atoms with Crippen molar-refractivity contribution in [3.05, 3.63) is 47.0 Å². The number of nitrogens with one attached hydrogen (secondary N) is 1. The molecule has 2 aliphatic rings. The number of carbonyl (C=O) groups excluding carboxylic acids is 1. The summed E-state index contributed by atoms with van der Waals surface area (Å²) in [7, 11) is 3.15. The number of hydrogen-bond acceptors (Lipinski definition) is 6. The Morgan fingerprint density at radius 3 is 2.93 bits per heavy atom. The second-order valence-corrected chi connectivity index (χ2v) is 6.89. The molecule has 1 aromatic heterocycles. The maximum atomic E-state index is 13.0. The van der Waals surface area contributed by atoms with E-state index in [4.69, 9.17) is 14.5 Å². The highest BCUT2D eigenvalue weighted by molar-refractivity contribution is 5.97. The van der Waals surface area contributed by atoms with Gasteiger partial charge in [0.25, 0.3) is 5.91 Å². The first-order valence-corrected chi connectivity index (χ1v) is 9.29. The molecule has 1 saturated heterocycles. The molecule has 27 heavy (non-hydrogen) atoms. The number of aromatic nitrogens is 2. The van der Waals surface area contributed by atoms with E-state index >= 15 is 0 Å². The van der Waals surface area contributed by atoms with Crippen LogP contribution in [-0.4, -0.2) is 48.1 Å². The van der Waals surface area contributed by atoms with Gasteiger partial charge in [-0.15, -0.1) is 0 Å². The first kappa shape index (κ1) is 17.7. The van der Waals surface area contributed by atoms with E-state index in [1.165, 1.54) is 0 Å². The third-order valence-electron chi connectivity index (χ3n) is 5.25. The van der Waals surface area contributed by atoms with Crippen molar-refractivity contribution in [2.45, 2.75) is 31.8 Å². The van der Waals surface area contributed by atoms with Crippen LogP contribution in [0.1, 0.15) is 46.3 Å². The van der Waals surface area contributed by atoms with Gasteiger partial charge in [-0.2, -0.15) is 0 Å². The van der Waals surface area contributed by atoms with Crippen molar-refractivity contribution in [3.8, 4) is 11.5 Å². The average Bonchev–Trinajstić information content (AvgIpc) is 3.27. The van der Waals surface area contributed by atoms with Crippen LogP contribution in [-0.2, 0) is 13.0 Å². The molecule has 142 valence electrons. The standard InChI is InChI=1S/C20H24N4O3/c1-26-14-5-6-15(18(10-14)27-2)20(25)24-9-7-16-13(12-24)11-22-19(23-16)17-4-3-8-21-17/h5-6,10-11,17,21H,3-4,7-9,12H2,1-2H3. The third-order valence-corrected chi connectivity index (χ3v) is 5.25. The molecule has 7 heteroatoms. The van der Waals surface area contributed by atoms with Gasteiger partial charge >= 0.3 is 0 Å². The molecule has 0 aliphatic carbocycles. The predicted octanol–water partition coefficient (Wildman–Crippen LogP) is 2.12.